The lowest BCUT2D eigenvalue weighted by Crippen LogP contribution is -2.33. The number of anilines is 1. The normalized spacial score (nSPS) is 17.9. The average molecular weight is 334 g/mol. The van der Waals surface area contributed by atoms with Gasteiger partial charge in [0.25, 0.3) is 0 Å². The molecule has 1 fully saturated rings. The van der Waals surface area contributed by atoms with Gasteiger partial charge in [0.2, 0.25) is 0 Å². The Hall–Kier alpha value is -2.13. The fraction of sp³-hybridized carbons (Fsp3) is 0.409. The number of piperidine rings is 1. The quantitative estimate of drug-likeness (QED) is 0.834. The van der Waals surface area contributed by atoms with Crippen LogP contribution in [0.1, 0.15) is 40.7 Å². The van der Waals surface area contributed by atoms with Crippen molar-refractivity contribution in [2.75, 3.05) is 25.0 Å². The zero-order chi connectivity index (χ0) is 17.1. The lowest BCUT2D eigenvalue weighted by molar-refractivity contribution is 0.0925. The number of nitrogens with one attached hydrogen (secondary N) is 1. The van der Waals surface area contributed by atoms with Crippen LogP contribution in [-0.4, -0.2) is 30.3 Å². The molecule has 4 rings (SSSR count). The number of hydrogen-bond acceptors (Lipinski definition) is 3. The highest BCUT2D eigenvalue weighted by Crippen LogP contribution is 2.27. The highest BCUT2D eigenvalue weighted by atomic mass is 16.1. The summed E-state index contributed by atoms with van der Waals surface area (Å²) in [5.41, 5.74) is 4.77. The standard InChI is InChI=1S/C22H26N2O/c25-22(20-6-7-21-19(15-20)8-11-23-21)14-17-9-12-24(13-10-17)16-18-4-2-1-3-5-18/h1-7,15,17,23H,8-14,16H2. The number of benzene rings is 2. The molecule has 2 heterocycles. The third-order valence-corrected chi connectivity index (χ3v) is 5.57. The van der Waals surface area contributed by atoms with E-state index in [1.54, 1.807) is 0 Å². The number of fused-ring (bicyclic) bond motifs is 1. The van der Waals surface area contributed by atoms with Crippen LogP contribution < -0.4 is 5.32 Å². The molecule has 1 saturated heterocycles. The first kappa shape index (κ1) is 16.3. The highest BCUT2D eigenvalue weighted by Gasteiger charge is 2.22. The molecule has 0 amide bonds. The second-order valence-corrected chi connectivity index (χ2v) is 7.38. The Morgan fingerprint density at radius 3 is 2.68 bits per heavy atom. The van der Waals surface area contributed by atoms with Gasteiger partial charge in [-0.25, -0.2) is 0 Å². The largest absolute Gasteiger partial charge is 0.384 e. The Morgan fingerprint density at radius 1 is 1.08 bits per heavy atom. The number of carbonyl (C=O) groups excluding carboxylic acids is 1. The van der Waals surface area contributed by atoms with Crippen LogP contribution in [0.25, 0.3) is 0 Å². The molecule has 2 aliphatic rings. The van der Waals surface area contributed by atoms with Gasteiger partial charge in [-0.2, -0.15) is 0 Å². The number of nitrogens with zero attached hydrogens (tertiary/aromatic N) is 1. The SMILES string of the molecule is O=C(CC1CCN(Cc2ccccc2)CC1)c1ccc2c(c1)CCN2. The van der Waals surface area contributed by atoms with Gasteiger partial charge in [-0.15, -0.1) is 0 Å². The van der Waals surface area contributed by atoms with Gasteiger partial charge >= 0.3 is 0 Å². The van der Waals surface area contributed by atoms with Crippen LogP contribution >= 0.6 is 0 Å². The molecule has 0 aromatic heterocycles. The van der Waals surface area contributed by atoms with Crippen LogP contribution in [0.3, 0.4) is 0 Å². The molecule has 0 atom stereocenters. The van der Waals surface area contributed by atoms with Gasteiger partial charge < -0.3 is 5.32 Å². The van der Waals surface area contributed by atoms with E-state index < -0.39 is 0 Å². The van der Waals surface area contributed by atoms with Crippen LogP contribution in [0.4, 0.5) is 5.69 Å². The summed E-state index contributed by atoms with van der Waals surface area (Å²) in [4.78, 5) is 15.2. The number of carbonyl (C=O) groups is 1. The van der Waals surface area contributed by atoms with E-state index in [-0.39, 0.29) is 0 Å². The molecule has 0 unspecified atom stereocenters. The van der Waals surface area contributed by atoms with Crippen molar-refractivity contribution >= 4 is 11.5 Å². The predicted molar refractivity (Wildman–Crippen MR) is 102 cm³/mol. The first-order valence-corrected chi connectivity index (χ1v) is 9.44. The lowest BCUT2D eigenvalue weighted by Gasteiger charge is -2.31. The van der Waals surface area contributed by atoms with Gasteiger partial charge in [-0.1, -0.05) is 30.3 Å². The van der Waals surface area contributed by atoms with Crippen LogP contribution in [0.5, 0.6) is 0 Å². The molecular formula is C22H26N2O. The minimum Gasteiger partial charge on any atom is -0.384 e. The topological polar surface area (TPSA) is 32.3 Å². The number of rotatable bonds is 5. The van der Waals surface area contributed by atoms with Gasteiger partial charge in [0.15, 0.2) is 5.78 Å². The minimum absolute atomic E-state index is 0.316. The van der Waals surface area contributed by atoms with Crippen molar-refractivity contribution in [3.8, 4) is 0 Å². The smallest absolute Gasteiger partial charge is 0.163 e. The van der Waals surface area contributed by atoms with Gasteiger partial charge in [0, 0.05) is 30.8 Å². The number of hydrogen-bond donors (Lipinski definition) is 1. The molecule has 0 saturated carbocycles. The van der Waals surface area contributed by atoms with Crippen molar-refractivity contribution in [1.82, 2.24) is 4.90 Å². The zero-order valence-electron chi connectivity index (χ0n) is 14.7. The zero-order valence-corrected chi connectivity index (χ0v) is 14.7. The summed E-state index contributed by atoms with van der Waals surface area (Å²) < 4.78 is 0. The van der Waals surface area contributed by atoms with Crippen LogP contribution in [0.2, 0.25) is 0 Å². The van der Waals surface area contributed by atoms with Gasteiger partial charge in [-0.05, 0) is 67.6 Å². The van der Waals surface area contributed by atoms with E-state index >= 15 is 0 Å². The van der Waals surface area contributed by atoms with Crippen LogP contribution in [-0.2, 0) is 13.0 Å². The van der Waals surface area contributed by atoms with Crippen molar-refractivity contribution in [2.45, 2.75) is 32.2 Å². The Labute approximate surface area is 150 Å². The summed E-state index contributed by atoms with van der Waals surface area (Å²) in [7, 11) is 0. The molecule has 2 aromatic carbocycles. The maximum Gasteiger partial charge on any atom is 0.163 e. The summed E-state index contributed by atoms with van der Waals surface area (Å²) in [5.74, 6) is 0.849. The summed E-state index contributed by atoms with van der Waals surface area (Å²) in [6.07, 6.45) is 4.00. The van der Waals surface area contributed by atoms with E-state index in [1.165, 1.54) is 16.8 Å². The summed E-state index contributed by atoms with van der Waals surface area (Å²) in [5, 5.41) is 3.36. The molecule has 3 heteroatoms. The fourth-order valence-electron chi connectivity index (χ4n) is 4.05. The third-order valence-electron chi connectivity index (χ3n) is 5.57. The summed E-state index contributed by atoms with van der Waals surface area (Å²) in [6, 6.07) is 16.8. The van der Waals surface area contributed by atoms with Gasteiger partial charge in [-0.3, -0.25) is 9.69 Å². The molecule has 0 aliphatic carbocycles. The molecule has 0 bridgehead atoms. The molecule has 2 aromatic rings. The lowest BCUT2D eigenvalue weighted by atomic mass is 9.89. The Morgan fingerprint density at radius 2 is 1.88 bits per heavy atom. The third kappa shape index (κ3) is 3.93. The molecule has 3 nitrogen and oxygen atoms in total. The Kier molecular flexibility index (Phi) is 4.84. The Balaban J connectivity index is 1.29. The van der Waals surface area contributed by atoms with E-state index in [2.05, 4.69) is 52.7 Å². The first-order valence-electron chi connectivity index (χ1n) is 9.44. The van der Waals surface area contributed by atoms with E-state index in [4.69, 9.17) is 0 Å². The molecule has 130 valence electrons. The fourth-order valence-corrected chi connectivity index (χ4v) is 4.05. The van der Waals surface area contributed by atoms with E-state index in [0.29, 0.717) is 18.1 Å². The molecule has 1 N–H and O–H groups in total. The van der Waals surface area contributed by atoms with Crippen LogP contribution in [0, 0.1) is 5.92 Å². The molecule has 0 radical (unpaired) electrons. The maximum absolute atomic E-state index is 12.7. The molecule has 2 aliphatic heterocycles. The van der Waals surface area contributed by atoms with Crippen molar-refractivity contribution in [1.29, 1.82) is 0 Å². The van der Waals surface area contributed by atoms with Crippen molar-refractivity contribution in [3.63, 3.8) is 0 Å². The minimum atomic E-state index is 0.316. The maximum atomic E-state index is 12.7. The summed E-state index contributed by atoms with van der Waals surface area (Å²) in [6.45, 7) is 4.22. The Bertz CT molecular complexity index is 733. The van der Waals surface area contributed by atoms with Crippen molar-refractivity contribution < 1.29 is 4.79 Å². The number of Topliss-reactive ketones (excluding diaryl/α,β-unsaturated/α-hetero) is 1. The first-order chi connectivity index (χ1) is 12.3. The van der Waals surface area contributed by atoms with Crippen molar-refractivity contribution in [3.05, 3.63) is 65.2 Å². The predicted octanol–water partition coefficient (Wildman–Crippen LogP) is 4.14. The molecule has 25 heavy (non-hydrogen) atoms. The van der Waals surface area contributed by atoms with E-state index in [1.807, 2.05) is 6.07 Å². The second kappa shape index (κ2) is 7.40. The number of likely N-dealkylation sites (tertiary alicyclic amines) is 1. The molecule has 0 spiro atoms. The van der Waals surface area contributed by atoms with Gasteiger partial charge in [0.1, 0.15) is 0 Å². The molecular weight excluding hydrogens is 308 g/mol. The van der Waals surface area contributed by atoms with E-state index in [0.717, 1.165) is 51.0 Å². The van der Waals surface area contributed by atoms with Crippen LogP contribution in [0.15, 0.2) is 48.5 Å². The highest BCUT2D eigenvalue weighted by molar-refractivity contribution is 5.97. The van der Waals surface area contributed by atoms with Crippen molar-refractivity contribution in [2.24, 2.45) is 5.92 Å². The average Bonchev–Trinajstić information content (AvgIpc) is 3.12. The monoisotopic (exact) mass is 334 g/mol. The van der Waals surface area contributed by atoms with Gasteiger partial charge in [0.05, 0.1) is 0 Å². The van der Waals surface area contributed by atoms with E-state index in [9.17, 15) is 4.79 Å². The second-order valence-electron chi connectivity index (χ2n) is 7.38. The summed E-state index contributed by atoms with van der Waals surface area (Å²) >= 11 is 0. The number of ketones is 1.